The third-order valence-corrected chi connectivity index (χ3v) is 11.2. The molecule has 3 aromatic rings. The first kappa shape index (κ1) is 31.2. The minimum absolute atomic E-state index is 0.0147. The first-order valence-corrected chi connectivity index (χ1v) is 16.5. The number of rotatable bonds is 10. The molecule has 2 aliphatic heterocycles. The number of carbonyl (C=O) groups excluding carboxylic acids is 2. The van der Waals surface area contributed by atoms with Crippen LogP contribution < -0.4 is 0 Å². The summed E-state index contributed by atoms with van der Waals surface area (Å²) in [5.74, 6) is -0.637. The summed E-state index contributed by atoms with van der Waals surface area (Å²) in [6.45, 7) is 2.26. The zero-order valence-corrected chi connectivity index (χ0v) is 26.4. The van der Waals surface area contributed by atoms with Crippen LogP contribution in [-0.2, 0) is 31.8 Å². The molecule has 2 heterocycles. The van der Waals surface area contributed by atoms with Crippen LogP contribution in [0.3, 0.4) is 0 Å². The molecular weight excluding hydrogens is 627 g/mol. The fraction of sp³-hybridized carbons (Fsp3) is 0.375. The summed E-state index contributed by atoms with van der Waals surface area (Å²) in [7, 11) is -4.00. The first-order chi connectivity index (χ1) is 21.0. The molecule has 0 bridgehead atoms. The number of sulfonamides is 1. The number of benzene rings is 3. The number of morpholine rings is 1. The maximum absolute atomic E-state index is 14.4. The number of aliphatic hydroxyl groups excluding tert-OH is 1. The monoisotopic (exact) mass is 658 g/mol. The second-order valence-corrected chi connectivity index (χ2v) is 14.4. The molecule has 1 unspecified atom stereocenters. The maximum atomic E-state index is 14.4. The fourth-order valence-corrected chi connectivity index (χ4v) is 7.87. The third-order valence-electron chi connectivity index (χ3n) is 8.71. The minimum atomic E-state index is -4.00. The average Bonchev–Trinajstić information content (AvgIpc) is 3.78. The minimum Gasteiger partial charge on any atom is -0.396 e. The van der Waals surface area contributed by atoms with Crippen molar-refractivity contribution in [3.05, 3.63) is 98.5 Å². The van der Waals surface area contributed by atoms with Crippen molar-refractivity contribution in [1.82, 2.24) is 9.21 Å². The van der Waals surface area contributed by atoms with Gasteiger partial charge < -0.3 is 14.6 Å². The molecule has 44 heavy (non-hydrogen) atoms. The van der Waals surface area contributed by atoms with Gasteiger partial charge in [0, 0.05) is 50.8 Å². The van der Waals surface area contributed by atoms with Gasteiger partial charge in [-0.1, -0.05) is 53.5 Å². The van der Waals surface area contributed by atoms with Gasteiger partial charge in [-0.25, -0.2) is 8.42 Å². The zero-order chi connectivity index (χ0) is 31.3. The largest absolute Gasteiger partial charge is 0.396 e. The number of carbonyl (C=O) groups is 2. The molecule has 1 saturated heterocycles. The van der Waals surface area contributed by atoms with Crippen molar-refractivity contribution in [2.45, 2.75) is 36.9 Å². The summed E-state index contributed by atoms with van der Waals surface area (Å²) in [5, 5.41) is 10.9. The Morgan fingerprint density at radius 3 is 2.32 bits per heavy atom. The summed E-state index contributed by atoms with van der Waals surface area (Å²) in [6.07, 6.45) is 1.53. The van der Waals surface area contributed by atoms with Crippen molar-refractivity contribution in [1.29, 1.82) is 0 Å². The van der Waals surface area contributed by atoms with Crippen molar-refractivity contribution < 1.29 is 32.6 Å². The van der Waals surface area contributed by atoms with Gasteiger partial charge in [-0.3, -0.25) is 14.5 Å². The highest BCUT2D eigenvalue weighted by Gasteiger charge is 2.55. The normalized spacial score (nSPS) is 21.4. The molecule has 9 nitrogen and oxygen atoms in total. The van der Waals surface area contributed by atoms with Gasteiger partial charge in [-0.15, -0.1) is 0 Å². The van der Waals surface area contributed by atoms with Gasteiger partial charge >= 0.3 is 0 Å². The predicted octanol–water partition coefficient (Wildman–Crippen LogP) is 4.86. The number of amides is 1. The lowest BCUT2D eigenvalue weighted by molar-refractivity contribution is -0.129. The van der Waals surface area contributed by atoms with E-state index < -0.39 is 27.1 Å². The number of fused-ring (bicyclic) bond motifs is 1. The highest BCUT2D eigenvalue weighted by molar-refractivity contribution is 7.89. The molecule has 1 N–H and O–H groups in total. The van der Waals surface area contributed by atoms with E-state index in [0.29, 0.717) is 27.3 Å². The molecule has 6 rings (SSSR count). The van der Waals surface area contributed by atoms with Gasteiger partial charge in [0.1, 0.15) is 0 Å². The van der Waals surface area contributed by atoms with Crippen LogP contribution in [-0.4, -0.2) is 73.9 Å². The third kappa shape index (κ3) is 5.47. The SMILES string of the molecule is CC(=O)c1ccc2c(c1)C(=O)N(Cc1ccc(Cl)cc1S(=O)(=O)N1CCOCC1)C2(OCC1(CO)CC1)c1ccc(Cl)cc1. The number of hydrogen-bond acceptors (Lipinski definition) is 7. The van der Waals surface area contributed by atoms with Gasteiger partial charge in [0.15, 0.2) is 11.5 Å². The van der Waals surface area contributed by atoms with E-state index in [9.17, 15) is 23.1 Å². The number of halogens is 2. The molecule has 1 atom stereocenters. The summed E-state index contributed by atoms with van der Waals surface area (Å²) < 4.78 is 41.4. The Hall–Kier alpha value is -2.83. The van der Waals surface area contributed by atoms with E-state index in [4.69, 9.17) is 32.7 Å². The number of hydrogen-bond donors (Lipinski definition) is 1. The molecule has 1 aliphatic carbocycles. The van der Waals surface area contributed by atoms with Crippen LogP contribution in [0, 0.1) is 5.41 Å². The molecule has 0 aromatic heterocycles. The molecule has 12 heteroatoms. The number of nitrogens with zero attached hydrogens (tertiary/aromatic N) is 2. The summed E-state index contributed by atoms with van der Waals surface area (Å²) in [6, 6.07) is 16.4. The van der Waals surface area contributed by atoms with Crippen molar-refractivity contribution in [2.24, 2.45) is 5.41 Å². The van der Waals surface area contributed by atoms with E-state index in [1.165, 1.54) is 22.2 Å². The van der Waals surface area contributed by atoms with Gasteiger partial charge in [0.05, 0.1) is 37.9 Å². The van der Waals surface area contributed by atoms with Crippen molar-refractivity contribution in [3.63, 3.8) is 0 Å². The number of ketones is 1. The van der Waals surface area contributed by atoms with Crippen molar-refractivity contribution >= 4 is 44.9 Å². The van der Waals surface area contributed by atoms with E-state index >= 15 is 0 Å². The lowest BCUT2D eigenvalue weighted by Gasteiger charge is -2.41. The quantitative estimate of drug-likeness (QED) is 0.310. The maximum Gasteiger partial charge on any atom is 0.257 e. The smallest absolute Gasteiger partial charge is 0.257 e. The van der Waals surface area contributed by atoms with Crippen LogP contribution >= 0.6 is 23.2 Å². The van der Waals surface area contributed by atoms with E-state index in [-0.39, 0.29) is 67.3 Å². The van der Waals surface area contributed by atoms with Crippen LogP contribution in [0.1, 0.15) is 57.2 Å². The molecule has 3 aromatic carbocycles. The Morgan fingerprint density at radius 2 is 1.68 bits per heavy atom. The summed E-state index contributed by atoms with van der Waals surface area (Å²) in [5.41, 5.74) is 0.116. The number of ether oxygens (including phenoxy) is 2. The molecule has 0 radical (unpaired) electrons. The Morgan fingerprint density at radius 1 is 1.00 bits per heavy atom. The van der Waals surface area contributed by atoms with Crippen molar-refractivity contribution in [3.8, 4) is 0 Å². The van der Waals surface area contributed by atoms with Gasteiger partial charge in [0.25, 0.3) is 5.91 Å². The van der Waals surface area contributed by atoms with Crippen LogP contribution in [0.4, 0.5) is 0 Å². The highest BCUT2D eigenvalue weighted by Crippen LogP contribution is 2.51. The average molecular weight is 660 g/mol. The fourth-order valence-electron chi connectivity index (χ4n) is 5.86. The summed E-state index contributed by atoms with van der Waals surface area (Å²) >= 11 is 12.6. The highest BCUT2D eigenvalue weighted by atomic mass is 35.5. The predicted molar refractivity (Wildman–Crippen MR) is 164 cm³/mol. The number of aliphatic hydroxyl groups is 1. The molecule has 2 fully saturated rings. The molecule has 0 spiro atoms. The molecule has 1 saturated carbocycles. The Bertz CT molecular complexity index is 1720. The van der Waals surface area contributed by atoms with Gasteiger partial charge in [0.2, 0.25) is 10.0 Å². The van der Waals surface area contributed by atoms with E-state index in [2.05, 4.69) is 0 Å². The Labute approximate surface area is 266 Å². The topological polar surface area (TPSA) is 113 Å². The Balaban J connectivity index is 1.53. The van der Waals surface area contributed by atoms with Gasteiger partial charge in [-0.05, 0) is 55.7 Å². The molecule has 3 aliphatic rings. The van der Waals surface area contributed by atoms with Gasteiger partial charge in [-0.2, -0.15) is 4.31 Å². The second-order valence-electron chi connectivity index (χ2n) is 11.6. The second kappa shape index (κ2) is 11.8. The van der Waals surface area contributed by atoms with Crippen LogP contribution in [0.25, 0.3) is 0 Å². The lowest BCUT2D eigenvalue weighted by Crippen LogP contribution is -2.48. The lowest BCUT2D eigenvalue weighted by atomic mass is 9.91. The van der Waals surface area contributed by atoms with Crippen LogP contribution in [0.2, 0.25) is 10.0 Å². The number of Topliss-reactive ketones (excluding diaryl/α,β-unsaturated/α-hetero) is 1. The molecule has 1 amide bonds. The van der Waals surface area contributed by atoms with Crippen LogP contribution in [0.15, 0.2) is 65.6 Å². The Kier molecular flexibility index (Phi) is 8.38. The first-order valence-electron chi connectivity index (χ1n) is 14.4. The van der Waals surface area contributed by atoms with Crippen molar-refractivity contribution in [2.75, 3.05) is 39.5 Å². The summed E-state index contributed by atoms with van der Waals surface area (Å²) in [4.78, 5) is 28.3. The van der Waals surface area contributed by atoms with Crippen LogP contribution in [0.5, 0.6) is 0 Å². The van der Waals surface area contributed by atoms with E-state index in [1.54, 1.807) is 54.6 Å². The molecule has 232 valence electrons. The van der Waals surface area contributed by atoms with E-state index in [0.717, 1.165) is 12.8 Å². The van der Waals surface area contributed by atoms with E-state index in [1.807, 2.05) is 0 Å². The standard InChI is InChI=1S/C32H32Cl2N2O7S/c1-21(38)22-3-9-28-27(16-22)30(39)36(32(28,24-4-7-25(33)8-5-24)43-20-31(19-37)10-11-31)18-23-2-6-26(34)17-29(23)44(40,41)35-12-14-42-15-13-35/h2-9,16-17,37H,10-15,18-20H2,1H3. The molecular formula is C32H32Cl2N2O7S. The zero-order valence-electron chi connectivity index (χ0n) is 24.1.